The zero-order valence-corrected chi connectivity index (χ0v) is 13.6. The number of nitrogens with one attached hydrogen (secondary N) is 1. The number of anilines is 1. The van der Waals surface area contributed by atoms with Gasteiger partial charge in [-0.2, -0.15) is 0 Å². The van der Waals surface area contributed by atoms with Crippen LogP contribution in [0.3, 0.4) is 0 Å². The van der Waals surface area contributed by atoms with Crippen LogP contribution in [-0.2, 0) is 6.54 Å². The number of ether oxygens (including phenoxy) is 2. The molecule has 0 aliphatic rings. The molecule has 0 bridgehead atoms. The average molecular weight is 299 g/mol. The van der Waals surface area contributed by atoms with Gasteiger partial charge in [0.15, 0.2) is 0 Å². The molecule has 3 nitrogen and oxygen atoms in total. The predicted molar refractivity (Wildman–Crippen MR) is 91.7 cm³/mol. The van der Waals surface area contributed by atoms with Gasteiger partial charge in [0.25, 0.3) is 0 Å². The molecule has 0 unspecified atom stereocenters. The van der Waals surface area contributed by atoms with Gasteiger partial charge in [-0.1, -0.05) is 26.0 Å². The van der Waals surface area contributed by atoms with Crippen LogP contribution in [0.15, 0.2) is 48.5 Å². The molecule has 1 N–H and O–H groups in total. The van der Waals surface area contributed by atoms with Gasteiger partial charge in [-0.15, -0.1) is 0 Å². The second-order valence-corrected chi connectivity index (χ2v) is 5.76. The minimum atomic E-state index is 0.672. The number of hydrogen-bond donors (Lipinski definition) is 1. The summed E-state index contributed by atoms with van der Waals surface area (Å²) in [6.45, 7) is 5.97. The molecule has 3 heteroatoms. The van der Waals surface area contributed by atoms with Crippen molar-refractivity contribution in [1.82, 2.24) is 0 Å². The Balaban J connectivity index is 1.80. The van der Waals surface area contributed by atoms with E-state index in [1.807, 2.05) is 36.4 Å². The first-order valence-corrected chi connectivity index (χ1v) is 7.77. The van der Waals surface area contributed by atoms with Gasteiger partial charge in [0.2, 0.25) is 0 Å². The minimum Gasteiger partial charge on any atom is -0.497 e. The van der Waals surface area contributed by atoms with Crippen molar-refractivity contribution in [3.05, 3.63) is 54.1 Å². The van der Waals surface area contributed by atoms with Crippen LogP contribution in [0.4, 0.5) is 5.69 Å². The topological polar surface area (TPSA) is 30.5 Å². The van der Waals surface area contributed by atoms with Gasteiger partial charge in [0, 0.05) is 12.2 Å². The van der Waals surface area contributed by atoms with Crippen molar-refractivity contribution >= 4 is 5.69 Å². The fourth-order valence-corrected chi connectivity index (χ4v) is 2.03. The lowest BCUT2D eigenvalue weighted by molar-refractivity contribution is 0.289. The monoisotopic (exact) mass is 299 g/mol. The molecule has 0 heterocycles. The molecule has 0 radical (unpaired) electrons. The van der Waals surface area contributed by atoms with Crippen molar-refractivity contribution in [2.45, 2.75) is 26.8 Å². The Morgan fingerprint density at radius 1 is 0.909 bits per heavy atom. The van der Waals surface area contributed by atoms with E-state index in [0.29, 0.717) is 5.92 Å². The zero-order valence-electron chi connectivity index (χ0n) is 13.6. The van der Waals surface area contributed by atoms with Gasteiger partial charge in [-0.05, 0) is 54.3 Å². The van der Waals surface area contributed by atoms with E-state index in [2.05, 4.69) is 31.3 Å². The maximum atomic E-state index is 5.72. The number of methoxy groups -OCH3 is 1. The summed E-state index contributed by atoms with van der Waals surface area (Å²) in [4.78, 5) is 0. The predicted octanol–water partition coefficient (Wildman–Crippen LogP) is 4.73. The summed E-state index contributed by atoms with van der Waals surface area (Å²) in [6, 6.07) is 16.2. The highest BCUT2D eigenvalue weighted by atomic mass is 16.5. The fraction of sp³-hybridized carbons (Fsp3) is 0.368. The highest BCUT2D eigenvalue weighted by Gasteiger charge is 1.99. The largest absolute Gasteiger partial charge is 0.497 e. The third kappa shape index (κ3) is 5.32. The summed E-state index contributed by atoms with van der Waals surface area (Å²) in [5, 5.41) is 3.40. The van der Waals surface area contributed by atoms with Gasteiger partial charge in [0.1, 0.15) is 11.5 Å². The van der Waals surface area contributed by atoms with E-state index in [0.717, 1.165) is 36.8 Å². The molecule has 22 heavy (non-hydrogen) atoms. The summed E-state index contributed by atoms with van der Waals surface area (Å²) in [5.41, 5.74) is 2.31. The smallest absolute Gasteiger partial charge is 0.119 e. The summed E-state index contributed by atoms with van der Waals surface area (Å²) in [6.07, 6.45) is 1.08. The molecular weight excluding hydrogens is 274 g/mol. The lowest BCUT2D eigenvalue weighted by Crippen LogP contribution is -2.02. The van der Waals surface area contributed by atoms with Crippen molar-refractivity contribution in [1.29, 1.82) is 0 Å². The van der Waals surface area contributed by atoms with Gasteiger partial charge in [-0.25, -0.2) is 0 Å². The molecule has 0 fully saturated rings. The van der Waals surface area contributed by atoms with Crippen LogP contribution >= 0.6 is 0 Å². The van der Waals surface area contributed by atoms with E-state index >= 15 is 0 Å². The molecule has 0 spiro atoms. The maximum absolute atomic E-state index is 5.72. The molecule has 0 aliphatic heterocycles. The third-order valence-corrected chi connectivity index (χ3v) is 3.47. The summed E-state index contributed by atoms with van der Waals surface area (Å²) >= 11 is 0. The van der Waals surface area contributed by atoms with E-state index < -0.39 is 0 Å². The lowest BCUT2D eigenvalue weighted by Gasteiger charge is -2.10. The van der Waals surface area contributed by atoms with Crippen LogP contribution in [0.25, 0.3) is 0 Å². The second-order valence-electron chi connectivity index (χ2n) is 5.76. The number of rotatable bonds is 8. The van der Waals surface area contributed by atoms with Crippen LogP contribution in [-0.4, -0.2) is 13.7 Å². The van der Waals surface area contributed by atoms with Gasteiger partial charge in [0.05, 0.1) is 13.7 Å². The van der Waals surface area contributed by atoms with Crippen molar-refractivity contribution < 1.29 is 9.47 Å². The maximum Gasteiger partial charge on any atom is 0.119 e. The van der Waals surface area contributed by atoms with E-state index in [4.69, 9.17) is 9.47 Å². The van der Waals surface area contributed by atoms with Crippen LogP contribution in [0, 0.1) is 5.92 Å². The van der Waals surface area contributed by atoms with Gasteiger partial charge in [-0.3, -0.25) is 0 Å². The molecule has 2 aromatic rings. The number of benzene rings is 2. The molecule has 0 amide bonds. The zero-order chi connectivity index (χ0) is 15.8. The molecule has 0 saturated heterocycles. The highest BCUT2D eigenvalue weighted by Crippen LogP contribution is 2.18. The molecule has 2 aromatic carbocycles. The second kappa shape index (κ2) is 8.32. The molecule has 118 valence electrons. The first kappa shape index (κ1) is 16.2. The van der Waals surface area contributed by atoms with Crippen LogP contribution < -0.4 is 14.8 Å². The number of hydrogen-bond acceptors (Lipinski definition) is 3. The van der Waals surface area contributed by atoms with Crippen molar-refractivity contribution in [3.63, 3.8) is 0 Å². The Hall–Kier alpha value is -2.16. The Morgan fingerprint density at radius 3 is 2.14 bits per heavy atom. The first-order valence-electron chi connectivity index (χ1n) is 7.77. The highest BCUT2D eigenvalue weighted by molar-refractivity contribution is 5.47. The summed E-state index contributed by atoms with van der Waals surface area (Å²) in [5.74, 6) is 2.48. The first-order chi connectivity index (χ1) is 10.7. The third-order valence-electron chi connectivity index (χ3n) is 3.47. The van der Waals surface area contributed by atoms with Crippen LogP contribution in [0.1, 0.15) is 25.8 Å². The fourth-order valence-electron chi connectivity index (χ4n) is 2.03. The average Bonchev–Trinajstić information content (AvgIpc) is 2.54. The minimum absolute atomic E-state index is 0.672. The van der Waals surface area contributed by atoms with E-state index in [1.165, 1.54) is 5.56 Å². The van der Waals surface area contributed by atoms with Crippen molar-refractivity contribution in [3.8, 4) is 11.5 Å². The standard InChI is InChI=1S/C19H25NO2/c1-15(2)12-13-22-19-10-6-17(7-11-19)20-14-16-4-8-18(21-3)9-5-16/h4-11,15,20H,12-14H2,1-3H3. The normalized spacial score (nSPS) is 10.5. The molecule has 0 atom stereocenters. The summed E-state index contributed by atoms with van der Waals surface area (Å²) in [7, 11) is 1.68. The van der Waals surface area contributed by atoms with Crippen LogP contribution in [0.5, 0.6) is 11.5 Å². The molecule has 0 aromatic heterocycles. The van der Waals surface area contributed by atoms with E-state index in [1.54, 1.807) is 7.11 Å². The Labute approximate surface area is 133 Å². The molecule has 2 rings (SSSR count). The van der Waals surface area contributed by atoms with E-state index in [9.17, 15) is 0 Å². The molecule has 0 aliphatic carbocycles. The molecular formula is C19H25NO2. The van der Waals surface area contributed by atoms with Crippen molar-refractivity contribution in [2.75, 3.05) is 19.0 Å². The lowest BCUT2D eigenvalue weighted by atomic mass is 10.1. The SMILES string of the molecule is COc1ccc(CNc2ccc(OCCC(C)C)cc2)cc1. The quantitative estimate of drug-likeness (QED) is 0.764. The van der Waals surface area contributed by atoms with Crippen molar-refractivity contribution in [2.24, 2.45) is 5.92 Å². The summed E-state index contributed by atoms with van der Waals surface area (Å²) < 4.78 is 10.9. The van der Waals surface area contributed by atoms with Gasteiger partial charge < -0.3 is 14.8 Å². The molecule has 0 saturated carbocycles. The van der Waals surface area contributed by atoms with Crippen LogP contribution in [0.2, 0.25) is 0 Å². The van der Waals surface area contributed by atoms with Gasteiger partial charge >= 0.3 is 0 Å². The Kier molecular flexibility index (Phi) is 6.13. The Morgan fingerprint density at radius 2 is 1.55 bits per heavy atom. The van der Waals surface area contributed by atoms with E-state index in [-0.39, 0.29) is 0 Å². The Bertz CT molecular complexity index is 547.